The third-order valence-electron chi connectivity index (χ3n) is 4.55. The van der Waals surface area contributed by atoms with E-state index in [0.29, 0.717) is 17.8 Å². The first-order chi connectivity index (χ1) is 12.5. The van der Waals surface area contributed by atoms with Crippen molar-refractivity contribution in [3.05, 3.63) is 53.3 Å². The van der Waals surface area contributed by atoms with E-state index in [1.807, 2.05) is 6.07 Å². The maximum absolute atomic E-state index is 13.6. The first-order valence-corrected chi connectivity index (χ1v) is 8.65. The molecule has 2 heterocycles. The second-order valence-corrected chi connectivity index (χ2v) is 6.34. The van der Waals surface area contributed by atoms with E-state index in [2.05, 4.69) is 15.6 Å². The number of pyridine rings is 1. The molecule has 2 aromatic rings. The molecule has 1 aromatic carbocycles. The molecule has 0 amide bonds. The van der Waals surface area contributed by atoms with Gasteiger partial charge in [0.05, 0.1) is 11.3 Å². The number of halogens is 3. The molecule has 0 aliphatic carbocycles. The summed E-state index contributed by atoms with van der Waals surface area (Å²) in [5, 5.41) is 6.01. The normalized spacial score (nSPS) is 17.8. The zero-order valence-corrected chi connectivity index (χ0v) is 14.6. The van der Waals surface area contributed by atoms with Crippen LogP contribution in [-0.4, -0.2) is 25.1 Å². The van der Waals surface area contributed by atoms with E-state index in [1.165, 1.54) is 7.05 Å². The monoisotopic (exact) mass is 365 g/mol. The molecular formula is C19H22F3N3O. The minimum absolute atomic E-state index is 0.0192. The van der Waals surface area contributed by atoms with Crippen molar-refractivity contribution in [2.24, 2.45) is 0 Å². The number of anilines is 1. The van der Waals surface area contributed by atoms with Gasteiger partial charge in [-0.05, 0) is 55.1 Å². The number of nitrogens with one attached hydrogen (secondary N) is 2. The lowest BCUT2D eigenvalue weighted by Crippen LogP contribution is -2.29. The maximum Gasteiger partial charge on any atom is 0.418 e. The highest BCUT2D eigenvalue weighted by Crippen LogP contribution is 2.42. The van der Waals surface area contributed by atoms with Gasteiger partial charge in [0.25, 0.3) is 0 Å². The number of hydrogen-bond donors (Lipinski definition) is 2. The van der Waals surface area contributed by atoms with Crippen molar-refractivity contribution in [3.8, 4) is 5.75 Å². The zero-order chi connectivity index (χ0) is 18.6. The van der Waals surface area contributed by atoms with Gasteiger partial charge in [0.2, 0.25) is 0 Å². The molecule has 0 spiro atoms. The van der Waals surface area contributed by atoms with Crippen molar-refractivity contribution in [2.75, 3.05) is 25.5 Å². The topological polar surface area (TPSA) is 46.2 Å². The van der Waals surface area contributed by atoms with Crippen LogP contribution >= 0.6 is 0 Å². The number of benzene rings is 1. The van der Waals surface area contributed by atoms with Gasteiger partial charge >= 0.3 is 6.18 Å². The number of ether oxygens (including phenoxy) is 1. The SMILES string of the molecule is CNc1c([C@H]2CCCNC2)cc(OCc2ccccn2)cc1C(F)(F)F. The van der Waals surface area contributed by atoms with Gasteiger partial charge in [-0.3, -0.25) is 4.98 Å². The lowest BCUT2D eigenvalue weighted by molar-refractivity contribution is -0.137. The van der Waals surface area contributed by atoms with Gasteiger partial charge in [-0.25, -0.2) is 0 Å². The highest BCUT2D eigenvalue weighted by atomic mass is 19.4. The number of aromatic nitrogens is 1. The van der Waals surface area contributed by atoms with E-state index in [1.54, 1.807) is 24.4 Å². The molecule has 0 radical (unpaired) electrons. The van der Waals surface area contributed by atoms with Crippen LogP contribution in [0, 0.1) is 0 Å². The lowest BCUT2D eigenvalue weighted by atomic mass is 9.88. The van der Waals surface area contributed by atoms with Crippen molar-refractivity contribution in [1.82, 2.24) is 10.3 Å². The molecule has 1 fully saturated rings. The van der Waals surface area contributed by atoms with Crippen LogP contribution in [0.2, 0.25) is 0 Å². The third kappa shape index (κ3) is 4.27. The van der Waals surface area contributed by atoms with Gasteiger partial charge in [-0.2, -0.15) is 13.2 Å². The van der Waals surface area contributed by atoms with Gasteiger partial charge in [-0.15, -0.1) is 0 Å². The van der Waals surface area contributed by atoms with E-state index in [9.17, 15) is 13.2 Å². The lowest BCUT2D eigenvalue weighted by Gasteiger charge is -2.27. The van der Waals surface area contributed by atoms with E-state index in [0.717, 1.165) is 25.5 Å². The Labute approximate surface area is 150 Å². The number of hydrogen-bond acceptors (Lipinski definition) is 4. The molecule has 7 heteroatoms. The number of nitrogens with zero attached hydrogens (tertiary/aromatic N) is 1. The van der Waals surface area contributed by atoms with Crippen LogP contribution in [0.4, 0.5) is 18.9 Å². The standard InChI is InChI=1S/C19H22F3N3O/c1-23-18-16(13-5-4-7-24-11-13)9-15(10-17(18)19(20,21)22)26-12-14-6-2-3-8-25-14/h2-3,6,8-10,13,23-24H,4-5,7,11-12H2,1H3/t13-/m0/s1. The average molecular weight is 365 g/mol. The summed E-state index contributed by atoms with van der Waals surface area (Å²) in [7, 11) is 1.53. The summed E-state index contributed by atoms with van der Waals surface area (Å²) in [5.74, 6) is 0.230. The van der Waals surface area contributed by atoms with Crippen LogP contribution in [-0.2, 0) is 12.8 Å². The Morgan fingerprint density at radius 1 is 1.31 bits per heavy atom. The fourth-order valence-electron chi connectivity index (χ4n) is 3.30. The summed E-state index contributed by atoms with van der Waals surface area (Å²) in [4.78, 5) is 4.14. The molecular weight excluding hydrogens is 343 g/mol. The van der Waals surface area contributed by atoms with Gasteiger partial charge in [0, 0.05) is 25.5 Å². The average Bonchev–Trinajstić information content (AvgIpc) is 2.66. The Kier molecular flexibility index (Phi) is 5.66. The molecule has 140 valence electrons. The molecule has 1 aliphatic rings. The molecule has 0 saturated carbocycles. The molecule has 1 aliphatic heterocycles. The molecule has 0 unspecified atom stereocenters. The van der Waals surface area contributed by atoms with Crippen LogP contribution in [0.3, 0.4) is 0 Å². The van der Waals surface area contributed by atoms with Gasteiger partial charge in [-0.1, -0.05) is 6.07 Å². The number of piperidine rings is 1. The molecule has 4 nitrogen and oxygen atoms in total. The fraction of sp³-hybridized carbons (Fsp3) is 0.421. The van der Waals surface area contributed by atoms with Gasteiger partial charge < -0.3 is 15.4 Å². The van der Waals surface area contributed by atoms with Crippen LogP contribution in [0.5, 0.6) is 5.75 Å². The highest BCUT2D eigenvalue weighted by molar-refractivity contribution is 5.63. The first-order valence-electron chi connectivity index (χ1n) is 8.65. The molecule has 26 heavy (non-hydrogen) atoms. The molecule has 0 bridgehead atoms. The van der Waals surface area contributed by atoms with E-state index in [-0.39, 0.29) is 24.0 Å². The molecule has 1 atom stereocenters. The largest absolute Gasteiger partial charge is 0.487 e. The number of alkyl halides is 3. The van der Waals surface area contributed by atoms with Gasteiger partial charge in [0.1, 0.15) is 12.4 Å². The van der Waals surface area contributed by atoms with Crippen LogP contribution in [0.25, 0.3) is 0 Å². The van der Waals surface area contributed by atoms with Gasteiger partial charge in [0.15, 0.2) is 0 Å². The van der Waals surface area contributed by atoms with E-state index in [4.69, 9.17) is 4.74 Å². The van der Waals surface area contributed by atoms with Crippen molar-refractivity contribution in [2.45, 2.75) is 31.5 Å². The maximum atomic E-state index is 13.6. The zero-order valence-electron chi connectivity index (χ0n) is 14.6. The van der Waals surface area contributed by atoms with Crippen molar-refractivity contribution in [3.63, 3.8) is 0 Å². The quantitative estimate of drug-likeness (QED) is 0.834. The second kappa shape index (κ2) is 7.95. The first kappa shape index (κ1) is 18.5. The predicted molar refractivity (Wildman–Crippen MR) is 94.4 cm³/mol. The van der Waals surface area contributed by atoms with Crippen molar-refractivity contribution < 1.29 is 17.9 Å². The summed E-state index contributed by atoms with van der Waals surface area (Å²) in [6.07, 6.45) is -1.04. The molecule has 1 saturated heterocycles. The Bertz CT molecular complexity index is 729. The Morgan fingerprint density at radius 2 is 2.15 bits per heavy atom. The molecule has 2 N–H and O–H groups in total. The van der Waals surface area contributed by atoms with E-state index >= 15 is 0 Å². The summed E-state index contributed by atoms with van der Waals surface area (Å²) in [5.41, 5.74) is 0.751. The van der Waals surface area contributed by atoms with Crippen LogP contribution in [0.15, 0.2) is 36.5 Å². The third-order valence-corrected chi connectivity index (χ3v) is 4.55. The highest BCUT2D eigenvalue weighted by Gasteiger charge is 2.36. The number of rotatable bonds is 5. The predicted octanol–water partition coefficient (Wildman–Crippen LogP) is 4.19. The van der Waals surface area contributed by atoms with Crippen LogP contribution in [0.1, 0.15) is 35.6 Å². The Hall–Kier alpha value is -2.28. The Morgan fingerprint density at radius 3 is 2.77 bits per heavy atom. The van der Waals surface area contributed by atoms with Crippen LogP contribution < -0.4 is 15.4 Å². The Balaban J connectivity index is 1.95. The second-order valence-electron chi connectivity index (χ2n) is 6.34. The summed E-state index contributed by atoms with van der Waals surface area (Å²) >= 11 is 0. The van der Waals surface area contributed by atoms with E-state index < -0.39 is 11.7 Å². The fourth-order valence-corrected chi connectivity index (χ4v) is 3.30. The summed E-state index contributed by atoms with van der Waals surface area (Å²) in [6, 6.07) is 8.16. The summed E-state index contributed by atoms with van der Waals surface area (Å²) < 4.78 is 46.5. The smallest absolute Gasteiger partial charge is 0.418 e. The van der Waals surface area contributed by atoms with Crippen molar-refractivity contribution >= 4 is 5.69 Å². The minimum Gasteiger partial charge on any atom is -0.487 e. The summed E-state index contributed by atoms with van der Waals surface area (Å²) in [6.45, 7) is 1.68. The minimum atomic E-state index is -4.46. The van der Waals surface area contributed by atoms with Crippen molar-refractivity contribution in [1.29, 1.82) is 0 Å². The molecule has 1 aromatic heterocycles. The molecule has 3 rings (SSSR count).